The molecule has 1 unspecified atom stereocenters. The first kappa shape index (κ1) is 14.7. The summed E-state index contributed by atoms with van der Waals surface area (Å²) in [6.07, 6.45) is 11.9. The molecular weight excluding hydrogens is 182 g/mol. The molecule has 0 rings (SSSR count). The summed E-state index contributed by atoms with van der Waals surface area (Å²) in [7, 11) is 0. The Morgan fingerprint density at radius 3 is 2.13 bits per heavy atom. The van der Waals surface area contributed by atoms with E-state index in [-0.39, 0.29) is 0 Å². The predicted molar refractivity (Wildman–Crippen MR) is 69.8 cm³/mol. The van der Waals surface area contributed by atoms with E-state index in [0.717, 1.165) is 18.1 Å². The van der Waals surface area contributed by atoms with Crippen LogP contribution in [0, 0.1) is 11.3 Å². The molecule has 0 saturated heterocycles. The molecular formula is C14H29N. The van der Waals surface area contributed by atoms with Gasteiger partial charge >= 0.3 is 0 Å². The Kier molecular flexibility index (Phi) is 9.97. The van der Waals surface area contributed by atoms with Crippen molar-refractivity contribution in [2.24, 2.45) is 5.92 Å². The Morgan fingerprint density at radius 2 is 1.60 bits per heavy atom. The Hall–Kier alpha value is -0.330. The van der Waals surface area contributed by atoms with Gasteiger partial charge in [-0.25, -0.2) is 0 Å². The van der Waals surface area contributed by atoms with E-state index >= 15 is 0 Å². The third kappa shape index (κ3) is 11.6. The summed E-state index contributed by atoms with van der Waals surface area (Å²) in [5.41, 5.74) is 0.839. The van der Waals surface area contributed by atoms with Crippen molar-refractivity contribution in [3.05, 3.63) is 0 Å². The van der Waals surface area contributed by atoms with Gasteiger partial charge in [-0.15, -0.1) is 0 Å². The molecule has 1 N–H and O–H groups in total. The average Bonchev–Trinajstić information content (AvgIpc) is 2.17. The van der Waals surface area contributed by atoms with E-state index in [1.54, 1.807) is 0 Å². The lowest BCUT2D eigenvalue weighted by Crippen LogP contribution is -1.95. The largest absolute Gasteiger partial charge is 0.310 e. The van der Waals surface area contributed by atoms with Crippen molar-refractivity contribution >= 4 is 5.71 Å². The van der Waals surface area contributed by atoms with Crippen LogP contribution in [0.2, 0.25) is 0 Å². The maximum atomic E-state index is 7.33. The zero-order valence-electron chi connectivity index (χ0n) is 10.9. The summed E-state index contributed by atoms with van der Waals surface area (Å²) in [5, 5.41) is 7.33. The van der Waals surface area contributed by atoms with Crippen molar-refractivity contribution in [2.75, 3.05) is 0 Å². The Bertz CT molecular complexity index is 151. The molecule has 0 spiro atoms. The molecule has 0 radical (unpaired) electrons. The molecule has 0 saturated carbocycles. The van der Waals surface area contributed by atoms with E-state index in [2.05, 4.69) is 13.8 Å². The molecule has 0 aliphatic heterocycles. The van der Waals surface area contributed by atoms with Gasteiger partial charge in [0.2, 0.25) is 0 Å². The number of unbranched alkanes of at least 4 members (excludes halogenated alkanes) is 4. The summed E-state index contributed by atoms with van der Waals surface area (Å²) < 4.78 is 0. The lowest BCUT2D eigenvalue weighted by molar-refractivity contribution is 0.441. The molecule has 0 bridgehead atoms. The number of hydrogen-bond donors (Lipinski definition) is 1. The van der Waals surface area contributed by atoms with Crippen LogP contribution in [0.4, 0.5) is 0 Å². The SMILES string of the molecule is CCCCCC(C)CCCCCC(C)=N. The number of hydrogen-bond acceptors (Lipinski definition) is 1. The maximum Gasteiger partial charge on any atom is 0.00582 e. The monoisotopic (exact) mass is 211 g/mol. The first-order valence-corrected chi connectivity index (χ1v) is 6.70. The average molecular weight is 211 g/mol. The zero-order valence-corrected chi connectivity index (χ0v) is 10.9. The fourth-order valence-corrected chi connectivity index (χ4v) is 1.95. The molecule has 0 aliphatic carbocycles. The molecule has 1 heteroatoms. The van der Waals surface area contributed by atoms with Gasteiger partial charge in [0.15, 0.2) is 0 Å². The van der Waals surface area contributed by atoms with Gasteiger partial charge in [-0.3, -0.25) is 0 Å². The molecule has 0 aromatic rings. The van der Waals surface area contributed by atoms with Gasteiger partial charge in [0.05, 0.1) is 0 Å². The molecule has 0 aromatic carbocycles. The highest BCUT2D eigenvalue weighted by molar-refractivity contribution is 5.78. The summed E-state index contributed by atoms with van der Waals surface area (Å²) >= 11 is 0. The van der Waals surface area contributed by atoms with Crippen LogP contribution in [-0.4, -0.2) is 5.71 Å². The lowest BCUT2D eigenvalue weighted by atomic mass is 9.96. The Labute approximate surface area is 96.2 Å². The maximum absolute atomic E-state index is 7.33. The van der Waals surface area contributed by atoms with Crippen LogP contribution in [0.3, 0.4) is 0 Å². The summed E-state index contributed by atoms with van der Waals surface area (Å²) in [5.74, 6) is 0.914. The van der Waals surface area contributed by atoms with Crippen LogP contribution in [-0.2, 0) is 0 Å². The van der Waals surface area contributed by atoms with E-state index in [4.69, 9.17) is 5.41 Å². The first-order valence-electron chi connectivity index (χ1n) is 6.70. The standard InChI is InChI=1S/C14H29N/c1-4-5-7-10-13(2)11-8-6-9-12-14(3)15/h13,15H,4-12H2,1-3H3. The van der Waals surface area contributed by atoms with Crippen LogP contribution in [0.25, 0.3) is 0 Å². The van der Waals surface area contributed by atoms with Crippen LogP contribution in [0.1, 0.15) is 78.6 Å². The van der Waals surface area contributed by atoms with Gasteiger partial charge in [-0.1, -0.05) is 58.8 Å². The van der Waals surface area contributed by atoms with E-state index in [1.165, 1.54) is 51.4 Å². The van der Waals surface area contributed by atoms with Crippen LogP contribution in [0.5, 0.6) is 0 Å². The Balaban J connectivity index is 3.16. The van der Waals surface area contributed by atoms with Crippen molar-refractivity contribution in [1.29, 1.82) is 5.41 Å². The highest BCUT2D eigenvalue weighted by Gasteiger charge is 2.01. The first-order chi connectivity index (χ1) is 7.16. The molecule has 15 heavy (non-hydrogen) atoms. The van der Waals surface area contributed by atoms with E-state index < -0.39 is 0 Å². The van der Waals surface area contributed by atoms with Gasteiger partial charge in [-0.05, 0) is 25.7 Å². The molecule has 0 heterocycles. The van der Waals surface area contributed by atoms with Gasteiger partial charge in [-0.2, -0.15) is 0 Å². The van der Waals surface area contributed by atoms with E-state index in [9.17, 15) is 0 Å². The highest BCUT2D eigenvalue weighted by Crippen LogP contribution is 2.16. The lowest BCUT2D eigenvalue weighted by Gasteiger charge is -2.10. The predicted octanol–water partition coefficient (Wildman–Crippen LogP) is 5.19. The second-order valence-electron chi connectivity index (χ2n) is 4.98. The summed E-state index contributed by atoms with van der Waals surface area (Å²) in [6.45, 7) is 6.56. The topological polar surface area (TPSA) is 23.9 Å². The molecule has 90 valence electrons. The van der Waals surface area contributed by atoms with Crippen molar-refractivity contribution in [2.45, 2.75) is 78.6 Å². The molecule has 0 aromatic heterocycles. The van der Waals surface area contributed by atoms with Crippen molar-refractivity contribution in [3.63, 3.8) is 0 Å². The second kappa shape index (κ2) is 10.2. The van der Waals surface area contributed by atoms with E-state index in [0.29, 0.717) is 0 Å². The molecule has 1 atom stereocenters. The minimum absolute atomic E-state index is 0.839. The van der Waals surface area contributed by atoms with Crippen molar-refractivity contribution in [3.8, 4) is 0 Å². The highest BCUT2D eigenvalue weighted by atomic mass is 14.4. The van der Waals surface area contributed by atoms with Gasteiger partial charge in [0.1, 0.15) is 0 Å². The summed E-state index contributed by atoms with van der Waals surface area (Å²) in [4.78, 5) is 0. The van der Waals surface area contributed by atoms with Crippen LogP contribution in [0.15, 0.2) is 0 Å². The fourth-order valence-electron chi connectivity index (χ4n) is 1.95. The number of nitrogens with one attached hydrogen (secondary N) is 1. The van der Waals surface area contributed by atoms with Crippen molar-refractivity contribution < 1.29 is 0 Å². The van der Waals surface area contributed by atoms with Gasteiger partial charge in [0.25, 0.3) is 0 Å². The van der Waals surface area contributed by atoms with Gasteiger partial charge in [0, 0.05) is 5.71 Å². The number of rotatable bonds is 10. The molecule has 0 amide bonds. The Morgan fingerprint density at radius 1 is 1.00 bits per heavy atom. The third-order valence-corrected chi connectivity index (χ3v) is 3.05. The normalized spacial score (nSPS) is 12.7. The van der Waals surface area contributed by atoms with Gasteiger partial charge < -0.3 is 5.41 Å². The van der Waals surface area contributed by atoms with Crippen LogP contribution < -0.4 is 0 Å². The fraction of sp³-hybridized carbons (Fsp3) is 0.929. The molecule has 0 aliphatic rings. The van der Waals surface area contributed by atoms with Crippen molar-refractivity contribution in [1.82, 2.24) is 0 Å². The minimum atomic E-state index is 0.839. The quantitative estimate of drug-likeness (QED) is 0.380. The zero-order chi connectivity index (χ0) is 11.5. The molecule has 1 nitrogen and oxygen atoms in total. The summed E-state index contributed by atoms with van der Waals surface area (Å²) in [6, 6.07) is 0. The smallest absolute Gasteiger partial charge is 0.00582 e. The van der Waals surface area contributed by atoms with E-state index in [1.807, 2.05) is 6.92 Å². The third-order valence-electron chi connectivity index (χ3n) is 3.05. The minimum Gasteiger partial charge on any atom is -0.310 e. The van der Waals surface area contributed by atoms with Crippen LogP contribution >= 0.6 is 0 Å². The molecule has 0 fully saturated rings. The second-order valence-corrected chi connectivity index (χ2v) is 4.98.